The summed E-state index contributed by atoms with van der Waals surface area (Å²) >= 11 is 0. The standard InChI is InChI=1S/C8H8.C7H10O3.C7H12O2.C4H6O2/c1-2-8-6-4-3-5-7-8;1-5(2)7(8)10-4-6-3-9-6;1-3-5-6-9-7(8)4-2;1-3(2)4(5)6/h2-7H,1H2;6H,1,3-4H2,2H3;4H,2-3,5-6H2,1H3;1H2,2H3,(H,5,6). The van der Waals surface area contributed by atoms with Crippen LogP contribution in [0, 0.1) is 0 Å². The number of esters is 2. The van der Waals surface area contributed by atoms with Gasteiger partial charge in [-0.3, -0.25) is 0 Å². The van der Waals surface area contributed by atoms with Crippen LogP contribution in [0.5, 0.6) is 0 Å². The molecule has 2 rings (SSSR count). The van der Waals surface area contributed by atoms with Crippen LogP contribution in [0.25, 0.3) is 6.08 Å². The predicted molar refractivity (Wildman–Crippen MR) is 131 cm³/mol. The fourth-order valence-electron chi connectivity index (χ4n) is 1.42. The number of epoxide rings is 1. The van der Waals surface area contributed by atoms with E-state index in [0.717, 1.165) is 12.8 Å². The third kappa shape index (κ3) is 23.0. The van der Waals surface area contributed by atoms with E-state index in [1.807, 2.05) is 43.3 Å². The Morgan fingerprint density at radius 2 is 1.64 bits per heavy atom. The molecule has 1 aliphatic rings. The van der Waals surface area contributed by atoms with E-state index in [1.54, 1.807) is 6.92 Å². The van der Waals surface area contributed by atoms with Crippen LogP contribution in [0.3, 0.4) is 0 Å². The molecule has 1 N–H and O–H groups in total. The second-order valence-corrected chi connectivity index (χ2v) is 6.76. The Kier molecular flexibility index (Phi) is 19.7. The second-order valence-electron chi connectivity index (χ2n) is 6.76. The first-order valence-corrected chi connectivity index (χ1v) is 10.4. The fourth-order valence-corrected chi connectivity index (χ4v) is 1.42. The minimum absolute atomic E-state index is 0.142. The quantitative estimate of drug-likeness (QED) is 0.239. The third-order valence-corrected chi connectivity index (χ3v) is 3.46. The van der Waals surface area contributed by atoms with Gasteiger partial charge in [-0.25, -0.2) is 14.4 Å². The molecule has 0 aliphatic carbocycles. The smallest absolute Gasteiger partial charge is 0.333 e. The van der Waals surface area contributed by atoms with E-state index in [4.69, 9.17) is 14.6 Å². The highest BCUT2D eigenvalue weighted by atomic mass is 16.6. The van der Waals surface area contributed by atoms with Crippen molar-refractivity contribution < 1.29 is 33.7 Å². The molecule has 182 valence electrons. The zero-order valence-electron chi connectivity index (χ0n) is 19.9. The largest absolute Gasteiger partial charge is 0.478 e. The lowest BCUT2D eigenvalue weighted by Gasteiger charge is -1.99. The number of rotatable bonds is 9. The molecule has 0 saturated carbocycles. The summed E-state index contributed by atoms with van der Waals surface area (Å²) in [7, 11) is 0. The van der Waals surface area contributed by atoms with Crippen LogP contribution in [0.2, 0.25) is 0 Å². The van der Waals surface area contributed by atoms with E-state index in [1.165, 1.54) is 18.6 Å². The highest BCUT2D eigenvalue weighted by Gasteiger charge is 2.24. The summed E-state index contributed by atoms with van der Waals surface area (Å²) in [6.45, 7) is 20.2. The van der Waals surface area contributed by atoms with E-state index >= 15 is 0 Å². The zero-order chi connectivity index (χ0) is 25.6. The van der Waals surface area contributed by atoms with Crippen molar-refractivity contribution in [2.75, 3.05) is 19.8 Å². The minimum atomic E-state index is -0.935. The molecule has 1 aromatic carbocycles. The summed E-state index contributed by atoms with van der Waals surface area (Å²) < 4.78 is 14.3. The Morgan fingerprint density at radius 1 is 1.09 bits per heavy atom. The maximum Gasteiger partial charge on any atom is 0.333 e. The monoisotopic (exact) mass is 460 g/mol. The Hall–Kier alpha value is -3.45. The van der Waals surface area contributed by atoms with Crippen molar-refractivity contribution in [2.45, 2.75) is 39.7 Å². The van der Waals surface area contributed by atoms with E-state index in [2.05, 4.69) is 31.1 Å². The van der Waals surface area contributed by atoms with Gasteiger partial charge in [0.15, 0.2) is 0 Å². The molecule has 1 atom stereocenters. The fraction of sp³-hybridized carbons (Fsp3) is 0.346. The van der Waals surface area contributed by atoms with Crippen LogP contribution < -0.4 is 0 Å². The summed E-state index contributed by atoms with van der Waals surface area (Å²) in [5.74, 6) is -1.60. The summed E-state index contributed by atoms with van der Waals surface area (Å²) in [6, 6.07) is 10.0. The maximum atomic E-state index is 10.7. The molecular weight excluding hydrogens is 424 g/mol. The molecule has 1 unspecified atom stereocenters. The van der Waals surface area contributed by atoms with Gasteiger partial charge in [-0.1, -0.05) is 76.1 Å². The highest BCUT2D eigenvalue weighted by Crippen LogP contribution is 2.09. The van der Waals surface area contributed by atoms with Gasteiger partial charge >= 0.3 is 17.9 Å². The van der Waals surface area contributed by atoms with Gasteiger partial charge in [0.1, 0.15) is 12.7 Å². The van der Waals surface area contributed by atoms with Gasteiger partial charge in [-0.2, -0.15) is 0 Å². The molecule has 1 saturated heterocycles. The van der Waals surface area contributed by atoms with Gasteiger partial charge in [-0.15, -0.1) is 0 Å². The molecule has 1 aromatic rings. The van der Waals surface area contributed by atoms with Crippen molar-refractivity contribution in [1.82, 2.24) is 0 Å². The summed E-state index contributed by atoms with van der Waals surface area (Å²) in [6.07, 6.45) is 5.13. The van der Waals surface area contributed by atoms with Crippen LogP contribution in [-0.2, 0) is 28.6 Å². The van der Waals surface area contributed by atoms with Gasteiger partial charge in [0, 0.05) is 17.2 Å². The van der Waals surface area contributed by atoms with Crippen LogP contribution in [0.1, 0.15) is 39.2 Å². The van der Waals surface area contributed by atoms with Gasteiger partial charge in [0.25, 0.3) is 0 Å². The number of ether oxygens (including phenoxy) is 3. The van der Waals surface area contributed by atoms with Gasteiger partial charge in [0.05, 0.1) is 13.2 Å². The van der Waals surface area contributed by atoms with Crippen LogP contribution in [0.4, 0.5) is 0 Å². The number of carboxylic acid groups (broad SMARTS) is 1. The third-order valence-electron chi connectivity index (χ3n) is 3.46. The van der Waals surface area contributed by atoms with Gasteiger partial charge in [-0.05, 0) is 25.8 Å². The summed E-state index contributed by atoms with van der Waals surface area (Å²) in [5.41, 5.74) is 1.78. The van der Waals surface area contributed by atoms with Crippen molar-refractivity contribution in [2.24, 2.45) is 0 Å². The topological polar surface area (TPSA) is 102 Å². The molecule has 1 fully saturated rings. The number of hydrogen-bond donors (Lipinski definition) is 1. The van der Waals surface area contributed by atoms with Gasteiger partial charge < -0.3 is 19.3 Å². The first-order chi connectivity index (χ1) is 15.6. The molecule has 1 aliphatic heterocycles. The molecule has 0 bridgehead atoms. The SMILES string of the molecule is C=C(C)C(=O)O.C=C(C)C(=O)OCC1CO1.C=CC(=O)OCCCC.C=Cc1ccccc1. The zero-order valence-corrected chi connectivity index (χ0v) is 19.9. The molecule has 0 amide bonds. The van der Waals surface area contributed by atoms with E-state index in [9.17, 15) is 14.4 Å². The Bertz CT molecular complexity index is 750. The van der Waals surface area contributed by atoms with Crippen molar-refractivity contribution in [1.29, 1.82) is 0 Å². The number of carbonyl (C=O) groups excluding carboxylic acids is 2. The van der Waals surface area contributed by atoms with Crippen LogP contribution >= 0.6 is 0 Å². The number of carbonyl (C=O) groups is 3. The van der Waals surface area contributed by atoms with Crippen LogP contribution in [0.15, 0.2) is 73.9 Å². The number of hydrogen-bond acceptors (Lipinski definition) is 6. The molecule has 7 nitrogen and oxygen atoms in total. The van der Waals surface area contributed by atoms with Crippen LogP contribution in [-0.4, -0.2) is 48.9 Å². The number of carboxylic acids is 1. The Balaban J connectivity index is 0. The molecule has 0 radical (unpaired) electrons. The number of unbranched alkanes of at least 4 members (excludes halogenated alkanes) is 1. The van der Waals surface area contributed by atoms with E-state index < -0.39 is 5.97 Å². The second kappa shape index (κ2) is 20.5. The molecular formula is C26H36O7. The summed E-state index contributed by atoms with van der Waals surface area (Å²) in [4.78, 5) is 30.6. The molecule has 7 heteroatoms. The van der Waals surface area contributed by atoms with Crippen molar-refractivity contribution in [3.63, 3.8) is 0 Å². The van der Waals surface area contributed by atoms with Crippen molar-refractivity contribution in [3.05, 3.63) is 79.4 Å². The highest BCUT2D eigenvalue weighted by molar-refractivity contribution is 5.87. The van der Waals surface area contributed by atoms with Crippen molar-refractivity contribution in [3.8, 4) is 0 Å². The lowest BCUT2D eigenvalue weighted by molar-refractivity contribution is -0.139. The number of aliphatic carboxylic acids is 1. The summed E-state index contributed by atoms with van der Waals surface area (Å²) in [5, 5.41) is 7.89. The normalized spacial score (nSPS) is 12.4. The van der Waals surface area contributed by atoms with E-state index in [-0.39, 0.29) is 23.6 Å². The average Bonchev–Trinajstić information content (AvgIpc) is 3.63. The maximum absolute atomic E-state index is 10.7. The molecule has 0 aromatic heterocycles. The number of benzene rings is 1. The average molecular weight is 461 g/mol. The first kappa shape index (κ1) is 31.7. The Labute approximate surface area is 197 Å². The first-order valence-electron chi connectivity index (χ1n) is 10.4. The minimum Gasteiger partial charge on any atom is -0.478 e. The van der Waals surface area contributed by atoms with Crippen molar-refractivity contribution >= 4 is 24.0 Å². The molecule has 1 heterocycles. The lowest BCUT2D eigenvalue weighted by Crippen LogP contribution is -2.09. The molecule has 0 spiro atoms. The Morgan fingerprint density at radius 3 is 1.97 bits per heavy atom. The van der Waals surface area contributed by atoms with E-state index in [0.29, 0.717) is 25.4 Å². The lowest BCUT2D eigenvalue weighted by atomic mass is 10.2. The van der Waals surface area contributed by atoms with Gasteiger partial charge in [0.2, 0.25) is 0 Å². The predicted octanol–water partition coefficient (Wildman–Crippen LogP) is 5.00. The molecule has 33 heavy (non-hydrogen) atoms.